The van der Waals surface area contributed by atoms with E-state index in [1.165, 1.54) is 16.7 Å². The third-order valence-corrected chi connectivity index (χ3v) is 7.50. The van der Waals surface area contributed by atoms with Crippen molar-refractivity contribution in [3.05, 3.63) is 88.1 Å². The number of anilines is 1. The van der Waals surface area contributed by atoms with Crippen LogP contribution in [0.1, 0.15) is 11.4 Å². The second kappa shape index (κ2) is 10.6. The molecule has 2 aromatic carbocycles. The summed E-state index contributed by atoms with van der Waals surface area (Å²) < 4.78 is 42.7. The van der Waals surface area contributed by atoms with Gasteiger partial charge < -0.3 is 24.3 Å². The number of halogens is 2. The molecule has 0 aliphatic heterocycles. The van der Waals surface area contributed by atoms with Crippen LogP contribution in [0.3, 0.4) is 0 Å². The van der Waals surface area contributed by atoms with Gasteiger partial charge in [0.2, 0.25) is 0 Å². The standard InChI is InChI=1S/C26H30F2N4O3Si/c1-36(2,3)13-12-34-17-32-22-7-4-8-23(35-16-18-9-10-19(27)14-20(18)28)25(22)30-24(32)15-31-11-5-6-21(29)26(31)33/h4-11,14H,12-13,15-17,29H2,1-3H3. The maximum absolute atomic E-state index is 14.1. The number of nitrogens with two attached hydrogens (primary N) is 1. The van der Waals surface area contributed by atoms with Crippen molar-refractivity contribution in [2.24, 2.45) is 0 Å². The van der Waals surface area contributed by atoms with E-state index >= 15 is 0 Å². The number of nitrogens with zero attached hydrogens (tertiary/aromatic N) is 3. The van der Waals surface area contributed by atoms with E-state index in [0.717, 1.165) is 17.6 Å². The maximum atomic E-state index is 14.1. The SMILES string of the molecule is C[Si](C)(C)CCOCn1c(Cn2cccc(N)c2=O)nc2c(OCc3ccc(F)cc3F)cccc21. The van der Waals surface area contributed by atoms with Crippen LogP contribution in [0.15, 0.2) is 59.5 Å². The molecular weight excluding hydrogens is 482 g/mol. The van der Waals surface area contributed by atoms with Crippen molar-refractivity contribution in [3.63, 3.8) is 0 Å². The molecule has 0 unspecified atom stereocenters. The van der Waals surface area contributed by atoms with Gasteiger partial charge in [0.1, 0.15) is 42.1 Å². The van der Waals surface area contributed by atoms with Crippen LogP contribution < -0.4 is 16.0 Å². The average Bonchev–Trinajstić information content (AvgIpc) is 3.16. The van der Waals surface area contributed by atoms with Crippen molar-refractivity contribution in [3.8, 4) is 5.75 Å². The van der Waals surface area contributed by atoms with Gasteiger partial charge in [0.15, 0.2) is 0 Å². The van der Waals surface area contributed by atoms with Gasteiger partial charge in [-0.3, -0.25) is 4.79 Å². The number of nitrogen functional groups attached to an aromatic ring is 1. The number of para-hydroxylation sites is 1. The number of pyridine rings is 1. The topological polar surface area (TPSA) is 84.3 Å². The van der Waals surface area contributed by atoms with Gasteiger partial charge in [-0.05, 0) is 42.4 Å². The van der Waals surface area contributed by atoms with E-state index in [1.807, 2.05) is 16.7 Å². The van der Waals surface area contributed by atoms with Gasteiger partial charge in [-0.15, -0.1) is 0 Å². The summed E-state index contributed by atoms with van der Waals surface area (Å²) in [5, 5.41) is 0. The van der Waals surface area contributed by atoms with Crippen molar-refractivity contribution in [2.45, 2.75) is 45.6 Å². The summed E-state index contributed by atoms with van der Waals surface area (Å²) in [6, 6.07) is 13.1. The maximum Gasteiger partial charge on any atom is 0.274 e. The Hall–Kier alpha value is -3.50. The monoisotopic (exact) mass is 512 g/mol. The zero-order valence-corrected chi connectivity index (χ0v) is 21.6. The first-order valence-electron chi connectivity index (χ1n) is 11.7. The number of aromatic nitrogens is 3. The van der Waals surface area contributed by atoms with Gasteiger partial charge in [0.25, 0.3) is 5.56 Å². The molecule has 0 aliphatic rings. The molecule has 7 nitrogen and oxygen atoms in total. The lowest BCUT2D eigenvalue weighted by atomic mass is 10.2. The first kappa shape index (κ1) is 25.6. The molecule has 0 fully saturated rings. The van der Waals surface area contributed by atoms with Gasteiger partial charge in [-0.2, -0.15) is 0 Å². The summed E-state index contributed by atoms with van der Waals surface area (Å²) in [6.45, 7) is 7.82. The van der Waals surface area contributed by atoms with E-state index in [9.17, 15) is 13.6 Å². The minimum absolute atomic E-state index is 0.0885. The Kier molecular flexibility index (Phi) is 7.55. The molecular formula is C26H30F2N4O3Si. The summed E-state index contributed by atoms with van der Waals surface area (Å²) in [7, 11) is -1.26. The van der Waals surface area contributed by atoms with Crippen LogP contribution in [0, 0.1) is 11.6 Å². The Balaban J connectivity index is 1.66. The second-order valence-electron chi connectivity index (χ2n) is 9.85. The van der Waals surface area contributed by atoms with Gasteiger partial charge in [-0.25, -0.2) is 13.8 Å². The Bertz CT molecular complexity index is 1430. The molecule has 0 radical (unpaired) electrons. The Morgan fingerprint density at radius 3 is 2.64 bits per heavy atom. The van der Waals surface area contributed by atoms with Gasteiger partial charge >= 0.3 is 0 Å². The fraction of sp³-hybridized carbons (Fsp3) is 0.308. The van der Waals surface area contributed by atoms with E-state index in [1.54, 1.807) is 24.4 Å². The summed E-state index contributed by atoms with van der Waals surface area (Å²) in [5.41, 5.74) is 7.20. The van der Waals surface area contributed by atoms with E-state index in [0.29, 0.717) is 23.7 Å². The van der Waals surface area contributed by atoms with Crippen LogP contribution in [0.5, 0.6) is 5.75 Å². The number of fused-ring (bicyclic) bond motifs is 1. The number of hydrogen-bond acceptors (Lipinski definition) is 5. The first-order valence-corrected chi connectivity index (χ1v) is 15.4. The lowest BCUT2D eigenvalue weighted by molar-refractivity contribution is 0.0877. The number of hydrogen-bond donors (Lipinski definition) is 1. The fourth-order valence-corrected chi connectivity index (χ4v) is 4.47. The quantitative estimate of drug-likeness (QED) is 0.239. The Morgan fingerprint density at radius 2 is 1.89 bits per heavy atom. The van der Waals surface area contributed by atoms with Crippen LogP contribution in [-0.4, -0.2) is 28.8 Å². The van der Waals surface area contributed by atoms with Crippen molar-refractivity contribution >= 4 is 24.8 Å². The fourth-order valence-electron chi connectivity index (χ4n) is 3.71. The van der Waals surface area contributed by atoms with Crippen LogP contribution in [0.4, 0.5) is 14.5 Å². The summed E-state index contributed by atoms with van der Waals surface area (Å²) in [6.07, 6.45) is 1.66. The molecule has 0 atom stereocenters. The van der Waals surface area contributed by atoms with Gasteiger partial charge in [-0.1, -0.05) is 25.7 Å². The summed E-state index contributed by atoms with van der Waals surface area (Å²) in [4.78, 5) is 17.3. The summed E-state index contributed by atoms with van der Waals surface area (Å²) >= 11 is 0. The molecule has 4 rings (SSSR count). The second-order valence-corrected chi connectivity index (χ2v) is 15.5. The molecule has 0 bridgehead atoms. The molecule has 2 heterocycles. The molecule has 0 saturated heterocycles. The zero-order valence-electron chi connectivity index (χ0n) is 20.6. The lowest BCUT2D eigenvalue weighted by Gasteiger charge is -2.16. The van der Waals surface area contributed by atoms with Crippen molar-refractivity contribution < 1.29 is 18.3 Å². The minimum Gasteiger partial charge on any atom is -0.486 e. The Morgan fingerprint density at radius 1 is 1.08 bits per heavy atom. The predicted molar refractivity (Wildman–Crippen MR) is 139 cm³/mol. The van der Waals surface area contributed by atoms with Crippen molar-refractivity contribution in [1.29, 1.82) is 0 Å². The molecule has 190 valence electrons. The molecule has 2 aromatic heterocycles. The van der Waals surface area contributed by atoms with Gasteiger partial charge in [0, 0.05) is 32.5 Å². The van der Waals surface area contributed by atoms with Crippen LogP contribution >= 0.6 is 0 Å². The number of rotatable bonds is 10. The number of benzene rings is 2. The van der Waals surface area contributed by atoms with E-state index < -0.39 is 19.7 Å². The van der Waals surface area contributed by atoms with Crippen LogP contribution in [-0.2, 0) is 24.6 Å². The molecule has 0 saturated carbocycles. The molecule has 0 spiro atoms. The van der Waals surface area contributed by atoms with E-state index in [4.69, 9.17) is 20.2 Å². The normalized spacial score (nSPS) is 11.8. The highest BCUT2D eigenvalue weighted by Crippen LogP contribution is 2.28. The van der Waals surface area contributed by atoms with Crippen LogP contribution in [0.25, 0.3) is 11.0 Å². The smallest absolute Gasteiger partial charge is 0.274 e. The molecule has 10 heteroatoms. The van der Waals surface area contributed by atoms with E-state index in [-0.39, 0.29) is 36.7 Å². The largest absolute Gasteiger partial charge is 0.486 e. The first-order chi connectivity index (χ1) is 17.1. The third-order valence-electron chi connectivity index (χ3n) is 5.80. The van der Waals surface area contributed by atoms with Gasteiger partial charge in [0.05, 0.1) is 17.7 Å². The van der Waals surface area contributed by atoms with Crippen molar-refractivity contribution in [1.82, 2.24) is 14.1 Å². The molecule has 0 amide bonds. The lowest BCUT2D eigenvalue weighted by Crippen LogP contribution is -2.24. The van der Waals surface area contributed by atoms with E-state index in [2.05, 4.69) is 19.6 Å². The number of imidazole rings is 1. The molecule has 2 N–H and O–H groups in total. The predicted octanol–water partition coefficient (Wildman–Crippen LogP) is 5.00. The molecule has 36 heavy (non-hydrogen) atoms. The highest BCUT2D eigenvalue weighted by Gasteiger charge is 2.18. The highest BCUT2D eigenvalue weighted by molar-refractivity contribution is 6.76. The summed E-state index contributed by atoms with van der Waals surface area (Å²) in [5.74, 6) is -0.286. The highest BCUT2D eigenvalue weighted by atomic mass is 28.3. The molecule has 0 aliphatic carbocycles. The average molecular weight is 513 g/mol. The minimum atomic E-state index is -1.26. The Labute approximate surface area is 209 Å². The van der Waals surface area contributed by atoms with Crippen molar-refractivity contribution in [2.75, 3.05) is 12.3 Å². The number of ether oxygens (including phenoxy) is 2. The third kappa shape index (κ3) is 6.00. The van der Waals surface area contributed by atoms with Crippen LogP contribution in [0.2, 0.25) is 25.7 Å². The zero-order chi connectivity index (χ0) is 25.9. The molecule has 4 aromatic rings.